The quantitative estimate of drug-likeness (QED) is 0.149. The maximum Gasteiger partial charge on any atom is 0.257 e. The largest absolute Gasteiger partial charge is 0.493 e. The number of amides is 1. The second-order valence-corrected chi connectivity index (χ2v) is 9.67. The van der Waals surface area contributed by atoms with Gasteiger partial charge in [0, 0.05) is 22.0 Å². The second-order valence-electron chi connectivity index (χ2n) is 9.67. The van der Waals surface area contributed by atoms with E-state index in [2.05, 4.69) is 21.7 Å². The van der Waals surface area contributed by atoms with E-state index in [4.69, 9.17) is 9.47 Å². The van der Waals surface area contributed by atoms with E-state index in [-0.39, 0.29) is 11.3 Å². The number of aromatic amines is 1. The number of H-pyrrole nitrogens is 1. The van der Waals surface area contributed by atoms with E-state index in [9.17, 15) is 9.59 Å². The van der Waals surface area contributed by atoms with E-state index in [0.29, 0.717) is 33.1 Å². The van der Waals surface area contributed by atoms with Crippen LogP contribution in [0.5, 0.6) is 11.5 Å². The molecule has 1 heterocycles. The van der Waals surface area contributed by atoms with Gasteiger partial charge in [-0.15, -0.1) is 0 Å². The summed E-state index contributed by atoms with van der Waals surface area (Å²) < 4.78 is 10.7. The highest BCUT2D eigenvalue weighted by Gasteiger charge is 2.14. The molecule has 0 bridgehead atoms. The second kappa shape index (κ2) is 12.5. The standard InChI is InChI=1S/C33H33N3O4/c1-39-29-17-14-23(21-30(29)40-2)7-6-19-34-20-18-22-12-15-24(16-13-22)35-33(38)27-10-5-9-26-31(27)36-28-11-4-3-8-25(28)32(26)37/h3-5,8-17,21,34H,6-7,18-20H2,1-2H3,(H,35,38)(H,36,37). The molecule has 40 heavy (non-hydrogen) atoms. The average Bonchev–Trinajstić information content (AvgIpc) is 2.99. The number of ether oxygens (including phenoxy) is 2. The Morgan fingerprint density at radius 2 is 1.52 bits per heavy atom. The molecule has 0 saturated carbocycles. The zero-order valence-electron chi connectivity index (χ0n) is 22.8. The average molecular weight is 536 g/mol. The number of anilines is 1. The zero-order valence-corrected chi connectivity index (χ0v) is 22.8. The Morgan fingerprint density at radius 3 is 2.33 bits per heavy atom. The number of fused-ring (bicyclic) bond motifs is 2. The Kier molecular flexibility index (Phi) is 8.42. The van der Waals surface area contributed by atoms with Crippen molar-refractivity contribution in [1.29, 1.82) is 0 Å². The van der Waals surface area contributed by atoms with Crippen molar-refractivity contribution in [3.63, 3.8) is 0 Å². The molecule has 4 aromatic carbocycles. The van der Waals surface area contributed by atoms with Crippen LogP contribution in [0.25, 0.3) is 21.8 Å². The highest BCUT2D eigenvalue weighted by molar-refractivity contribution is 6.13. The lowest BCUT2D eigenvalue weighted by molar-refractivity contribution is 0.102. The summed E-state index contributed by atoms with van der Waals surface area (Å²) in [7, 11) is 3.29. The van der Waals surface area contributed by atoms with Gasteiger partial charge in [0.2, 0.25) is 0 Å². The number of benzene rings is 4. The summed E-state index contributed by atoms with van der Waals surface area (Å²) in [6, 6.07) is 26.5. The molecule has 0 aliphatic heterocycles. The molecule has 0 aliphatic rings. The molecule has 1 amide bonds. The number of hydrogen-bond donors (Lipinski definition) is 3. The summed E-state index contributed by atoms with van der Waals surface area (Å²) in [5.41, 5.74) is 4.71. The fraction of sp³-hybridized carbons (Fsp3) is 0.212. The van der Waals surface area contributed by atoms with Gasteiger partial charge in [-0.1, -0.05) is 36.4 Å². The number of rotatable bonds is 11. The molecule has 7 nitrogen and oxygen atoms in total. The SMILES string of the molecule is COc1ccc(CCCNCCc2ccc(NC(=O)c3cccc4c(=O)c5ccccc5[nH]c34)cc2)cc1OC. The zero-order chi connectivity index (χ0) is 27.9. The Hall–Kier alpha value is -4.62. The maximum atomic E-state index is 13.1. The van der Waals surface area contributed by atoms with Crippen LogP contribution < -0.4 is 25.5 Å². The van der Waals surface area contributed by atoms with Crippen LogP contribution in [0.3, 0.4) is 0 Å². The molecular weight excluding hydrogens is 502 g/mol. The van der Waals surface area contributed by atoms with Gasteiger partial charge in [0.1, 0.15) is 0 Å². The first kappa shape index (κ1) is 27.0. The summed E-state index contributed by atoms with van der Waals surface area (Å²) in [5, 5.41) is 7.57. The number of pyridine rings is 1. The van der Waals surface area contributed by atoms with Gasteiger partial charge in [-0.2, -0.15) is 0 Å². The van der Waals surface area contributed by atoms with E-state index >= 15 is 0 Å². The normalized spacial score (nSPS) is 11.1. The van der Waals surface area contributed by atoms with Crippen LogP contribution in [0, 0.1) is 0 Å². The monoisotopic (exact) mass is 535 g/mol. The molecule has 0 radical (unpaired) electrons. The molecule has 0 unspecified atom stereocenters. The number of nitrogens with one attached hydrogen (secondary N) is 3. The third kappa shape index (κ3) is 6.00. The lowest BCUT2D eigenvalue weighted by atomic mass is 10.1. The van der Waals surface area contributed by atoms with E-state index in [1.54, 1.807) is 38.5 Å². The number of hydrogen-bond acceptors (Lipinski definition) is 5. The first-order valence-electron chi connectivity index (χ1n) is 13.4. The number of carbonyl (C=O) groups excluding carboxylic acids is 1. The molecule has 204 valence electrons. The number of para-hydroxylation sites is 2. The predicted molar refractivity (Wildman–Crippen MR) is 161 cm³/mol. The van der Waals surface area contributed by atoms with Crippen molar-refractivity contribution in [3.05, 3.63) is 112 Å². The van der Waals surface area contributed by atoms with Crippen LogP contribution in [0.2, 0.25) is 0 Å². The molecule has 0 fully saturated rings. The third-order valence-corrected chi connectivity index (χ3v) is 7.05. The minimum atomic E-state index is -0.263. The summed E-state index contributed by atoms with van der Waals surface area (Å²) in [6.45, 7) is 1.79. The van der Waals surface area contributed by atoms with E-state index in [0.717, 1.165) is 43.9 Å². The van der Waals surface area contributed by atoms with Gasteiger partial charge in [0.25, 0.3) is 5.91 Å². The number of carbonyl (C=O) groups is 1. The smallest absolute Gasteiger partial charge is 0.257 e. The molecule has 5 rings (SSSR count). The lowest BCUT2D eigenvalue weighted by Crippen LogP contribution is -2.19. The van der Waals surface area contributed by atoms with Gasteiger partial charge in [0.05, 0.1) is 25.3 Å². The molecule has 5 aromatic rings. The van der Waals surface area contributed by atoms with Gasteiger partial charge in [-0.05, 0) is 92.0 Å². The Balaban J connectivity index is 1.13. The number of methoxy groups -OCH3 is 2. The molecule has 7 heteroatoms. The summed E-state index contributed by atoms with van der Waals surface area (Å²) in [5.74, 6) is 1.24. The summed E-state index contributed by atoms with van der Waals surface area (Å²) >= 11 is 0. The van der Waals surface area contributed by atoms with Crippen LogP contribution in [0.4, 0.5) is 5.69 Å². The highest BCUT2D eigenvalue weighted by atomic mass is 16.5. The maximum absolute atomic E-state index is 13.1. The fourth-order valence-corrected chi connectivity index (χ4v) is 4.90. The third-order valence-electron chi connectivity index (χ3n) is 7.05. The first-order chi connectivity index (χ1) is 19.6. The number of aryl methyl sites for hydroxylation is 1. The Morgan fingerprint density at radius 1 is 0.775 bits per heavy atom. The first-order valence-corrected chi connectivity index (χ1v) is 13.4. The molecule has 1 aromatic heterocycles. The summed E-state index contributed by atoms with van der Waals surface area (Å²) in [4.78, 5) is 29.4. The molecule has 0 saturated heterocycles. The molecule has 0 atom stereocenters. The van der Waals surface area contributed by atoms with Crippen LogP contribution in [-0.2, 0) is 12.8 Å². The van der Waals surface area contributed by atoms with E-state index in [1.165, 1.54) is 11.1 Å². The van der Waals surface area contributed by atoms with Gasteiger partial charge < -0.3 is 25.1 Å². The minimum absolute atomic E-state index is 0.0853. The van der Waals surface area contributed by atoms with Crippen LogP contribution >= 0.6 is 0 Å². The van der Waals surface area contributed by atoms with Crippen molar-refractivity contribution < 1.29 is 14.3 Å². The van der Waals surface area contributed by atoms with Crippen molar-refractivity contribution in [1.82, 2.24) is 10.3 Å². The van der Waals surface area contributed by atoms with Gasteiger partial charge >= 0.3 is 0 Å². The van der Waals surface area contributed by atoms with Gasteiger partial charge in [-0.3, -0.25) is 9.59 Å². The van der Waals surface area contributed by atoms with E-state index in [1.807, 2.05) is 54.6 Å². The van der Waals surface area contributed by atoms with Crippen LogP contribution in [-0.4, -0.2) is 38.2 Å². The molecule has 0 spiro atoms. The van der Waals surface area contributed by atoms with Crippen LogP contribution in [0.15, 0.2) is 89.7 Å². The highest BCUT2D eigenvalue weighted by Crippen LogP contribution is 2.28. The van der Waals surface area contributed by atoms with Crippen molar-refractivity contribution in [2.75, 3.05) is 32.6 Å². The number of aromatic nitrogens is 1. The van der Waals surface area contributed by atoms with Crippen molar-refractivity contribution in [2.45, 2.75) is 19.3 Å². The van der Waals surface area contributed by atoms with Gasteiger partial charge in [-0.25, -0.2) is 0 Å². The topological polar surface area (TPSA) is 92.5 Å². The van der Waals surface area contributed by atoms with Crippen LogP contribution in [0.1, 0.15) is 27.9 Å². The summed E-state index contributed by atoms with van der Waals surface area (Å²) in [6.07, 6.45) is 2.88. The Bertz CT molecular complexity index is 1690. The molecule has 0 aliphatic carbocycles. The molecule has 3 N–H and O–H groups in total. The van der Waals surface area contributed by atoms with E-state index < -0.39 is 0 Å². The van der Waals surface area contributed by atoms with Crippen molar-refractivity contribution in [2.24, 2.45) is 0 Å². The predicted octanol–water partition coefficient (Wildman–Crippen LogP) is 5.72. The fourth-order valence-electron chi connectivity index (χ4n) is 4.90. The Labute approximate surface area is 233 Å². The van der Waals surface area contributed by atoms with Crippen molar-refractivity contribution in [3.8, 4) is 11.5 Å². The van der Waals surface area contributed by atoms with Crippen molar-refractivity contribution >= 4 is 33.4 Å². The van der Waals surface area contributed by atoms with Gasteiger partial charge in [0.15, 0.2) is 16.9 Å². The lowest BCUT2D eigenvalue weighted by Gasteiger charge is -2.11. The molecular formula is C33H33N3O4. The minimum Gasteiger partial charge on any atom is -0.493 e.